The van der Waals surface area contributed by atoms with Crippen LogP contribution in [0, 0.1) is 61.0 Å². The highest BCUT2D eigenvalue weighted by Crippen LogP contribution is 2.50. The Hall–Kier alpha value is -8.23. The Kier molecular flexibility index (Phi) is 14.6. The van der Waals surface area contributed by atoms with Crippen LogP contribution in [0.3, 0.4) is 0 Å². The number of rotatable bonds is 7. The summed E-state index contributed by atoms with van der Waals surface area (Å²) in [5.74, 6) is -2.29. The predicted octanol–water partition coefficient (Wildman–Crippen LogP) is 10.9. The first kappa shape index (κ1) is 48.7. The lowest BCUT2D eigenvalue weighted by Crippen LogP contribution is -2.53. The number of imide groups is 1. The number of nitrogens with one attached hydrogen (secondary N) is 1. The second-order valence-corrected chi connectivity index (χ2v) is 20.4. The Balaban J connectivity index is 0.000000215. The maximum atomic E-state index is 13.7. The molecular weight excluding hydrogens is 919 g/mol. The molecule has 5 heterocycles. The number of carbonyl (C=O) groups excluding carboxylic acids is 3. The third-order valence-electron chi connectivity index (χ3n) is 11.3. The van der Waals surface area contributed by atoms with Crippen molar-refractivity contribution in [2.75, 3.05) is 18.0 Å². The second-order valence-electron chi connectivity index (χ2n) is 17.0. The smallest absolute Gasteiger partial charge is 0.290 e. The standard InChI is InChI=1S/C31H25N5O3S.C23H18N4S2/c1-19-11-13-21(14-12-19)26-25(40-31(27(26)33-3)35-15-7-8-16-35)17-23-20(2)24(18-32)30(39)36(29(23)38)34-28(37)22-9-5-4-6-10-22;1-14-20(26-5)19(15-9-7-6-8-10-15)17(28-14)11-18-21(23(2,3)4)27-22(29-18)16(12-24)13-25/h4-6,9-14,17H,7-8,15-16H2,1-2H3,(H,34,37);6-11H,1-4H3/b23-17-;18-11-. The molecule has 12 nitrogen and oxygen atoms in total. The zero-order valence-electron chi connectivity index (χ0n) is 38.6. The van der Waals surface area contributed by atoms with E-state index in [0.717, 1.165) is 73.2 Å². The molecule has 0 bridgehead atoms. The molecule has 3 amide bonds. The summed E-state index contributed by atoms with van der Waals surface area (Å²) in [6, 6.07) is 31.7. The first-order valence-corrected chi connectivity index (χ1v) is 24.1. The van der Waals surface area contributed by atoms with Gasteiger partial charge in [0.05, 0.1) is 28.4 Å². The molecule has 0 spiro atoms. The lowest BCUT2D eigenvalue weighted by Gasteiger charge is -2.27. The molecule has 0 atom stereocenters. The van der Waals surface area contributed by atoms with Gasteiger partial charge in [0.1, 0.15) is 28.4 Å². The summed E-state index contributed by atoms with van der Waals surface area (Å²) in [7, 11) is 0. The number of aromatic nitrogens is 1. The average molecular weight is 962 g/mol. The predicted molar refractivity (Wildman–Crippen MR) is 273 cm³/mol. The van der Waals surface area contributed by atoms with Gasteiger partial charge in [0.25, 0.3) is 17.7 Å². The van der Waals surface area contributed by atoms with Crippen molar-refractivity contribution in [1.82, 2.24) is 15.4 Å². The number of hydrogen-bond acceptors (Lipinski definition) is 11. The van der Waals surface area contributed by atoms with E-state index in [1.54, 1.807) is 54.7 Å². The van der Waals surface area contributed by atoms with E-state index in [4.69, 9.17) is 13.1 Å². The van der Waals surface area contributed by atoms with E-state index < -0.39 is 17.7 Å². The third-order valence-corrected chi connectivity index (χ3v) is 14.6. The highest BCUT2D eigenvalue weighted by molar-refractivity contribution is 7.18. The van der Waals surface area contributed by atoms with Crippen molar-refractivity contribution >= 4 is 85.8 Å². The molecule has 0 unspecified atom stereocenters. The minimum atomic E-state index is -0.893. The number of amides is 3. The van der Waals surface area contributed by atoms with Crippen LogP contribution in [0.5, 0.6) is 0 Å². The van der Waals surface area contributed by atoms with E-state index in [1.165, 1.54) is 22.7 Å². The molecule has 1 N–H and O–H groups in total. The number of aryl methyl sites for hydroxylation is 2. The molecule has 2 aliphatic heterocycles. The number of hydrazine groups is 1. The molecule has 8 rings (SSSR count). The number of benzene rings is 3. The Morgan fingerprint density at radius 3 is 1.93 bits per heavy atom. The van der Waals surface area contributed by atoms with Gasteiger partial charge in [0.15, 0.2) is 5.57 Å². The van der Waals surface area contributed by atoms with Gasteiger partial charge in [-0.25, -0.2) is 14.7 Å². The molecule has 2 aliphatic rings. The topological polar surface area (TPSA) is 163 Å². The maximum absolute atomic E-state index is 13.7. The molecule has 69 heavy (non-hydrogen) atoms. The van der Waals surface area contributed by atoms with Gasteiger partial charge in [-0.3, -0.25) is 19.8 Å². The van der Waals surface area contributed by atoms with Gasteiger partial charge in [-0.2, -0.15) is 32.1 Å². The summed E-state index contributed by atoms with van der Waals surface area (Å²) in [5.41, 5.74) is 9.03. The molecule has 15 heteroatoms. The van der Waals surface area contributed by atoms with Crippen LogP contribution < -0.4 is 19.5 Å². The number of carbonyl (C=O) groups is 3. The number of thiophene rings is 2. The van der Waals surface area contributed by atoms with E-state index in [2.05, 4.69) is 45.8 Å². The summed E-state index contributed by atoms with van der Waals surface area (Å²) < 4.78 is 1.34. The van der Waals surface area contributed by atoms with Crippen molar-refractivity contribution in [3.05, 3.63) is 165 Å². The number of nitrogens with zero attached hydrogens (tertiary/aromatic N) is 8. The van der Waals surface area contributed by atoms with E-state index in [1.807, 2.05) is 92.7 Å². The van der Waals surface area contributed by atoms with Crippen LogP contribution in [0.25, 0.3) is 49.7 Å². The Bertz CT molecular complexity index is 3430. The first-order valence-electron chi connectivity index (χ1n) is 21.7. The lowest BCUT2D eigenvalue weighted by atomic mass is 9.92. The molecule has 6 aromatic rings. The highest BCUT2D eigenvalue weighted by atomic mass is 32.1. The van der Waals surface area contributed by atoms with Crippen molar-refractivity contribution in [2.45, 2.75) is 59.8 Å². The minimum Gasteiger partial charge on any atom is -0.372 e. The summed E-state index contributed by atoms with van der Waals surface area (Å²) >= 11 is 4.34. The van der Waals surface area contributed by atoms with Crippen LogP contribution in [-0.4, -0.2) is 40.8 Å². The van der Waals surface area contributed by atoms with Crippen LogP contribution >= 0.6 is 34.0 Å². The van der Waals surface area contributed by atoms with Gasteiger partial charge in [-0.15, -0.1) is 22.7 Å². The fourth-order valence-electron chi connectivity index (χ4n) is 7.83. The molecule has 1 fully saturated rings. The van der Waals surface area contributed by atoms with Crippen LogP contribution in [0.15, 0.2) is 102 Å². The zero-order valence-corrected chi connectivity index (χ0v) is 41.0. The van der Waals surface area contributed by atoms with E-state index in [9.17, 15) is 30.2 Å². The number of anilines is 1. The van der Waals surface area contributed by atoms with Crippen molar-refractivity contribution in [1.29, 1.82) is 15.8 Å². The highest BCUT2D eigenvalue weighted by Gasteiger charge is 2.38. The van der Waals surface area contributed by atoms with E-state index in [-0.39, 0.29) is 33.3 Å². The summed E-state index contributed by atoms with van der Waals surface area (Å²) in [4.78, 5) is 56.7. The zero-order chi connectivity index (χ0) is 49.6. The number of nitriles is 3. The van der Waals surface area contributed by atoms with Crippen molar-refractivity contribution in [3.63, 3.8) is 0 Å². The quantitative estimate of drug-likeness (QED) is 0.0939. The van der Waals surface area contributed by atoms with Gasteiger partial charge in [-0.05, 0) is 74.6 Å². The fraction of sp³-hybridized carbons (Fsp3) is 0.204. The molecular formula is C54H43N9O3S3. The van der Waals surface area contributed by atoms with Crippen LogP contribution in [0.2, 0.25) is 0 Å². The van der Waals surface area contributed by atoms with Crippen LogP contribution in [0.4, 0.5) is 16.4 Å². The summed E-state index contributed by atoms with van der Waals surface area (Å²) in [6.07, 6.45) is 5.76. The van der Waals surface area contributed by atoms with Gasteiger partial charge in [-0.1, -0.05) is 99.1 Å². The lowest BCUT2D eigenvalue weighted by molar-refractivity contribution is -0.143. The van der Waals surface area contributed by atoms with Gasteiger partial charge in [0.2, 0.25) is 11.4 Å². The number of thiazole rings is 1. The molecule has 0 radical (unpaired) electrons. The Labute approximate surface area is 412 Å². The van der Waals surface area contributed by atoms with Crippen LogP contribution in [-0.2, 0) is 15.0 Å². The molecule has 1 saturated heterocycles. The monoisotopic (exact) mass is 961 g/mol. The number of hydrogen-bond donors (Lipinski definition) is 1. The van der Waals surface area contributed by atoms with Crippen molar-refractivity contribution in [3.8, 4) is 40.5 Å². The van der Waals surface area contributed by atoms with Crippen LogP contribution in [0.1, 0.15) is 76.8 Å². The summed E-state index contributed by atoms with van der Waals surface area (Å²) in [5, 5.41) is 29.8. The van der Waals surface area contributed by atoms with Crippen molar-refractivity contribution < 1.29 is 14.4 Å². The molecule has 0 saturated carbocycles. The largest absolute Gasteiger partial charge is 0.372 e. The normalized spacial score (nSPS) is 14.3. The third kappa shape index (κ3) is 10.1. The fourth-order valence-corrected chi connectivity index (χ4v) is 11.4. The Morgan fingerprint density at radius 1 is 0.768 bits per heavy atom. The van der Waals surface area contributed by atoms with E-state index >= 15 is 0 Å². The van der Waals surface area contributed by atoms with Gasteiger partial charge < -0.3 is 4.90 Å². The first-order chi connectivity index (χ1) is 33.1. The Morgan fingerprint density at radius 2 is 1.35 bits per heavy atom. The molecule has 3 aromatic heterocycles. The molecule has 340 valence electrons. The molecule has 0 aliphatic carbocycles. The second kappa shape index (κ2) is 20.7. The van der Waals surface area contributed by atoms with Gasteiger partial charge in [0, 0.05) is 55.4 Å². The van der Waals surface area contributed by atoms with E-state index in [0.29, 0.717) is 31.5 Å². The summed E-state index contributed by atoms with van der Waals surface area (Å²) in [6.45, 7) is 29.0. The average Bonchev–Trinajstić information content (AvgIpc) is 4.17. The minimum absolute atomic E-state index is 0.0210. The van der Waals surface area contributed by atoms with Gasteiger partial charge >= 0.3 is 0 Å². The molecule has 3 aromatic carbocycles. The SMILES string of the molecule is [C-]#[N+]c1c(C)sc(/C=c2\sc(=C(C#N)C#N)nc2C(C)(C)C)c1-c1ccccc1.[C-]#[N+]c1c(N2CCCC2)sc(/C=C2\C(=O)N(NC(=O)c3ccccc3)C(=O)C(C#N)=C2C)c1-c1ccc(C)cc1. The van der Waals surface area contributed by atoms with Crippen molar-refractivity contribution in [2.24, 2.45) is 0 Å². The maximum Gasteiger partial charge on any atom is 0.290 e.